The molecular formula is C69H101N11O19. The molecule has 2 aliphatic rings. The molecule has 5 rings (SSSR count). The second-order valence-corrected chi connectivity index (χ2v) is 25.7. The molecule has 0 bridgehead atoms. The Hall–Kier alpha value is -8.71. The van der Waals surface area contributed by atoms with Crippen molar-refractivity contribution in [2.45, 2.75) is 168 Å². The monoisotopic (exact) mass is 1390 g/mol. The fourth-order valence-electron chi connectivity index (χ4n) is 12.1. The molecule has 2 aliphatic heterocycles. The van der Waals surface area contributed by atoms with Crippen LogP contribution in [0.15, 0.2) is 66.9 Å². The number of benzene rings is 2. The van der Waals surface area contributed by atoms with Gasteiger partial charge in [0, 0.05) is 79.4 Å². The quantitative estimate of drug-likeness (QED) is 0.0217. The predicted molar refractivity (Wildman–Crippen MR) is 362 cm³/mol. The van der Waals surface area contributed by atoms with Gasteiger partial charge in [-0.1, -0.05) is 96.3 Å². The molecular weight excluding hydrogens is 1290 g/mol. The minimum Gasteiger partial charge on any atom is -0.484 e. The van der Waals surface area contributed by atoms with Crippen LogP contribution in [0.2, 0.25) is 0 Å². The Morgan fingerprint density at radius 1 is 0.808 bits per heavy atom. The number of aliphatic hydroxyl groups is 1. The summed E-state index contributed by atoms with van der Waals surface area (Å²) in [4.78, 5) is 153. The minimum atomic E-state index is -1.15. The van der Waals surface area contributed by atoms with Crippen molar-refractivity contribution in [1.82, 2.24) is 45.1 Å². The van der Waals surface area contributed by atoms with Crippen molar-refractivity contribution in [2.24, 2.45) is 30.7 Å². The Balaban J connectivity index is 1.17. The smallest absolute Gasteiger partial charge is 0.434 e. The van der Waals surface area contributed by atoms with E-state index in [9.17, 15) is 63.2 Å². The van der Waals surface area contributed by atoms with Gasteiger partial charge in [0.05, 0.1) is 87.9 Å². The Morgan fingerprint density at radius 2 is 1.48 bits per heavy atom. The zero-order valence-corrected chi connectivity index (χ0v) is 59.2. The van der Waals surface area contributed by atoms with Gasteiger partial charge in [-0.15, -0.1) is 0 Å². The van der Waals surface area contributed by atoms with Crippen molar-refractivity contribution >= 4 is 70.8 Å². The van der Waals surface area contributed by atoms with Gasteiger partial charge in [-0.2, -0.15) is 0 Å². The third-order valence-corrected chi connectivity index (χ3v) is 17.9. The first-order valence-corrected chi connectivity index (χ1v) is 33.6. The minimum absolute atomic E-state index is 0.00597. The maximum atomic E-state index is 14.9. The van der Waals surface area contributed by atoms with Crippen molar-refractivity contribution in [3.8, 4) is 5.75 Å². The molecule has 2 aromatic carbocycles. The molecule has 3 heterocycles. The number of imidazole rings is 1. The lowest BCUT2D eigenvalue weighted by atomic mass is 9.89. The molecule has 0 spiro atoms. The number of likely N-dealkylation sites (N-methyl/N-ethyl adjacent to an activating group) is 2. The number of rotatable bonds is 42. The molecule has 5 N–H and O–H groups in total. The molecule has 0 aliphatic carbocycles. The highest BCUT2D eigenvalue weighted by atomic mass is 16.6. The molecule has 10 atom stereocenters. The Bertz CT molecular complexity index is 3250. The predicted octanol–water partition coefficient (Wildman–Crippen LogP) is 4.94. The highest BCUT2D eigenvalue weighted by Gasteiger charge is 2.44. The number of hydrogen-bond acceptors (Lipinski definition) is 20. The molecule has 0 saturated carbocycles. The summed E-state index contributed by atoms with van der Waals surface area (Å²) in [6.45, 7) is 14.4. The number of hydrogen-bond donors (Lipinski definition) is 5. The number of Topliss-reactive ketones (excluding diaryl/α,β-unsaturated/α-hetero) is 1. The summed E-state index contributed by atoms with van der Waals surface area (Å²) in [7, 11) is 7.44. The summed E-state index contributed by atoms with van der Waals surface area (Å²) in [5.74, 6) is -6.05. The van der Waals surface area contributed by atoms with Crippen LogP contribution in [0.1, 0.15) is 130 Å². The van der Waals surface area contributed by atoms with Crippen LogP contribution in [0.4, 0.5) is 16.4 Å². The molecule has 1 fully saturated rings. The van der Waals surface area contributed by atoms with Gasteiger partial charge in [-0.25, -0.2) is 9.36 Å². The SMILES string of the molecule is CC[C@H](C)[C@@H]([C@@H](CC(=O)N1CCC[C@H]1[C@H](OC)[C@@H](C)C(=O)N[C@H](C)[C@@H](O)c1ccccc1)OC)N(C)C(=O)[C@@H](NC(=O)[C@H](C(C)C)N(C)C(=O)OCc1ccc(OCc2cnc([N+](=O)[O-])n2C)c(NC(=O)CNC(=O)CCOCCOCCCC(=O)CCN2C(=O)C=CC2=O)c1)C(C)C. The van der Waals surface area contributed by atoms with E-state index in [-0.39, 0.29) is 107 Å². The maximum absolute atomic E-state index is 14.9. The average molecular weight is 1390 g/mol. The molecule has 0 unspecified atom stereocenters. The highest BCUT2D eigenvalue weighted by Crippen LogP contribution is 2.32. The number of ketones is 1. The van der Waals surface area contributed by atoms with E-state index < -0.39 is 125 Å². The van der Waals surface area contributed by atoms with E-state index in [1.807, 2.05) is 32.0 Å². The Labute approximate surface area is 578 Å². The number of nitrogens with zero attached hydrogens (tertiary/aromatic N) is 7. The molecule has 0 radical (unpaired) electrons. The third-order valence-electron chi connectivity index (χ3n) is 17.9. The molecule has 30 heteroatoms. The van der Waals surface area contributed by atoms with Gasteiger partial charge in [0.15, 0.2) is 5.69 Å². The number of carbonyl (C=O) groups excluding carboxylic acids is 10. The van der Waals surface area contributed by atoms with E-state index in [0.717, 1.165) is 22.0 Å². The number of anilines is 1. The number of imide groups is 1. The van der Waals surface area contributed by atoms with Crippen molar-refractivity contribution in [3.63, 3.8) is 0 Å². The largest absolute Gasteiger partial charge is 0.484 e. The summed E-state index contributed by atoms with van der Waals surface area (Å²) >= 11 is 0. The topological polar surface area (TPSA) is 368 Å². The number of amides is 9. The van der Waals surface area contributed by atoms with E-state index >= 15 is 0 Å². The fraction of sp³-hybridized carbons (Fsp3) is 0.609. The number of methoxy groups -OCH3 is 2. The third kappa shape index (κ3) is 23.5. The van der Waals surface area contributed by atoms with Gasteiger partial charge in [-0.3, -0.25) is 53.0 Å². The molecule has 9 amide bonds. The molecule has 1 aromatic heterocycles. The molecule has 3 aromatic rings. The van der Waals surface area contributed by atoms with Crippen molar-refractivity contribution in [1.29, 1.82) is 0 Å². The van der Waals surface area contributed by atoms with Crippen LogP contribution >= 0.6 is 0 Å². The number of ether oxygens (including phenoxy) is 6. The lowest BCUT2D eigenvalue weighted by Gasteiger charge is -2.41. The molecule has 99 heavy (non-hydrogen) atoms. The number of likely N-dealkylation sites (tertiary alicyclic amines) is 1. The fourth-order valence-corrected chi connectivity index (χ4v) is 12.1. The normalized spacial score (nSPS) is 16.5. The zero-order valence-electron chi connectivity index (χ0n) is 59.2. The van der Waals surface area contributed by atoms with Crippen molar-refractivity contribution in [3.05, 3.63) is 93.8 Å². The van der Waals surface area contributed by atoms with Gasteiger partial charge >= 0.3 is 12.0 Å². The second-order valence-electron chi connectivity index (χ2n) is 25.7. The lowest BCUT2D eigenvalue weighted by molar-refractivity contribution is -0.396. The number of nitro groups is 1. The van der Waals surface area contributed by atoms with Gasteiger partial charge in [0.25, 0.3) is 11.8 Å². The van der Waals surface area contributed by atoms with Crippen molar-refractivity contribution in [2.75, 3.05) is 79.7 Å². The van der Waals surface area contributed by atoms with Crippen LogP contribution in [0.3, 0.4) is 0 Å². The summed E-state index contributed by atoms with van der Waals surface area (Å²) in [6, 6.07) is 9.53. The van der Waals surface area contributed by atoms with Gasteiger partial charge < -0.3 is 74.7 Å². The lowest BCUT2D eigenvalue weighted by Crippen LogP contribution is -2.60. The highest BCUT2D eigenvalue weighted by molar-refractivity contribution is 6.13. The summed E-state index contributed by atoms with van der Waals surface area (Å²) < 4.78 is 36.0. The van der Waals surface area contributed by atoms with E-state index in [0.29, 0.717) is 49.0 Å². The maximum Gasteiger partial charge on any atom is 0.434 e. The molecule has 546 valence electrons. The summed E-state index contributed by atoms with van der Waals surface area (Å²) in [5.41, 5.74) is 1.41. The molecule has 30 nitrogen and oxygen atoms in total. The second kappa shape index (κ2) is 39.8. The van der Waals surface area contributed by atoms with Crippen molar-refractivity contribution < 1.29 is 86.4 Å². The number of nitrogens with one attached hydrogen (secondary N) is 4. The first kappa shape index (κ1) is 81.0. The van der Waals surface area contributed by atoms with E-state index in [2.05, 4.69) is 26.3 Å². The number of carbonyl (C=O) groups is 10. The van der Waals surface area contributed by atoms with E-state index in [1.54, 1.807) is 71.7 Å². The summed E-state index contributed by atoms with van der Waals surface area (Å²) in [5, 5.41) is 33.5. The van der Waals surface area contributed by atoms with Crippen LogP contribution in [0.5, 0.6) is 5.75 Å². The standard InChI is InChI=1S/C69H101N11O19/c1-14-44(6)62(54(94-12)37-59(86)78-30-18-23-52(78)64(95-13)45(7)65(88)72-46(8)63(87)48-20-16-15-17-21-48)76(10)67(90)60(42(2)3)74-66(89)61(43(4)5)77(11)69(91)99-40-47-24-25-53(98-41-49-38-71-68(75(49)9)80(92)93)51(36-47)73-56(83)39-70-55(82)29-33-97-35-34-96-32-19-22-50(81)28-31-79-57(84)26-27-58(79)85/h15-17,20-21,24-27,36,38,42-46,52,54,60-64,87H,14,18-19,22-23,28-35,37,39-41H2,1-13H3,(H,70,82)(H,72,88)(H,73,83)(H,74,89)/t44-,45+,46+,52-,54+,60-,61-,62-,63+,64+/m0/s1. The van der Waals surface area contributed by atoms with Crippen LogP contribution in [0, 0.1) is 33.8 Å². The van der Waals surface area contributed by atoms with E-state index in [1.165, 1.54) is 56.1 Å². The van der Waals surface area contributed by atoms with E-state index in [4.69, 9.17) is 28.4 Å². The van der Waals surface area contributed by atoms with Crippen LogP contribution in [-0.4, -0.2) is 215 Å². The first-order chi connectivity index (χ1) is 47.0. The Kier molecular flexibility index (Phi) is 32.5. The average Bonchev–Trinajstić information content (AvgIpc) is 1.81. The zero-order chi connectivity index (χ0) is 73.2. The number of aliphatic hydroxyl groups excluding tert-OH is 1. The Morgan fingerprint density at radius 3 is 2.10 bits per heavy atom. The van der Waals surface area contributed by atoms with Crippen LogP contribution in [-0.2, 0) is 87.1 Å². The van der Waals surface area contributed by atoms with Crippen LogP contribution < -0.4 is 26.0 Å². The number of aromatic nitrogens is 2. The van der Waals surface area contributed by atoms with Gasteiger partial charge in [-0.05, 0) is 72.1 Å². The van der Waals surface area contributed by atoms with Crippen LogP contribution in [0.25, 0.3) is 0 Å². The first-order valence-electron chi connectivity index (χ1n) is 33.6. The van der Waals surface area contributed by atoms with Gasteiger partial charge in [0.1, 0.15) is 43.0 Å². The van der Waals surface area contributed by atoms with Gasteiger partial charge in [0.2, 0.25) is 35.4 Å². The molecule has 1 saturated heterocycles. The summed E-state index contributed by atoms with van der Waals surface area (Å²) in [6.07, 6.45) is 2.57.